The first-order valence-electron chi connectivity index (χ1n) is 4.47. The van der Waals surface area contributed by atoms with Gasteiger partial charge in [-0.1, -0.05) is 18.2 Å². The van der Waals surface area contributed by atoms with Crippen LogP contribution < -0.4 is 0 Å². The summed E-state index contributed by atoms with van der Waals surface area (Å²) in [6.45, 7) is -0.569. The van der Waals surface area contributed by atoms with Crippen molar-refractivity contribution < 1.29 is 18.3 Å². The van der Waals surface area contributed by atoms with Crippen molar-refractivity contribution in [3.8, 4) is 0 Å². The zero-order valence-electron chi connectivity index (χ0n) is 7.96. The molecule has 0 radical (unpaired) electrons. The van der Waals surface area contributed by atoms with Gasteiger partial charge in [0.05, 0.1) is 0 Å². The van der Waals surface area contributed by atoms with Gasteiger partial charge in [-0.15, -0.1) is 0 Å². The van der Waals surface area contributed by atoms with Gasteiger partial charge in [-0.3, -0.25) is 0 Å². The second kappa shape index (κ2) is 4.98. The summed E-state index contributed by atoms with van der Waals surface area (Å²) in [5.74, 6) is -3.43. The quantitative estimate of drug-likeness (QED) is 0.820. The Kier molecular flexibility index (Phi) is 3.91. The fourth-order valence-electron chi connectivity index (χ4n) is 1.02. The Morgan fingerprint density at radius 3 is 2.33 bits per heavy atom. The van der Waals surface area contributed by atoms with Gasteiger partial charge in [0.25, 0.3) is 5.92 Å². The van der Waals surface area contributed by atoms with Crippen LogP contribution in [0.3, 0.4) is 0 Å². The number of aliphatic hydroxyl groups is 1. The van der Waals surface area contributed by atoms with E-state index in [9.17, 15) is 13.2 Å². The van der Waals surface area contributed by atoms with E-state index in [1.165, 1.54) is 30.3 Å². The Morgan fingerprint density at radius 2 is 1.80 bits per heavy atom. The van der Waals surface area contributed by atoms with Crippen LogP contribution in [0, 0.1) is 5.82 Å². The highest BCUT2D eigenvalue weighted by molar-refractivity contribution is 5.49. The minimum atomic E-state index is -3.02. The van der Waals surface area contributed by atoms with E-state index in [-0.39, 0.29) is 0 Å². The Morgan fingerprint density at radius 1 is 1.20 bits per heavy atom. The SMILES string of the molecule is OCCC(F)(F)/C=C/c1ccc(F)cc1. The van der Waals surface area contributed by atoms with Gasteiger partial charge in [0.15, 0.2) is 0 Å². The van der Waals surface area contributed by atoms with Crippen molar-refractivity contribution in [3.63, 3.8) is 0 Å². The van der Waals surface area contributed by atoms with E-state index < -0.39 is 24.8 Å². The van der Waals surface area contributed by atoms with E-state index >= 15 is 0 Å². The van der Waals surface area contributed by atoms with Crippen LogP contribution in [-0.4, -0.2) is 17.6 Å². The molecule has 1 rings (SSSR count). The highest BCUT2D eigenvalue weighted by Crippen LogP contribution is 2.20. The first-order valence-corrected chi connectivity index (χ1v) is 4.47. The monoisotopic (exact) mass is 216 g/mol. The average Bonchev–Trinajstić information content (AvgIpc) is 2.17. The zero-order valence-corrected chi connectivity index (χ0v) is 7.96. The third-order valence-electron chi connectivity index (χ3n) is 1.83. The molecular weight excluding hydrogens is 205 g/mol. The maximum Gasteiger partial charge on any atom is 0.269 e. The zero-order chi connectivity index (χ0) is 11.3. The summed E-state index contributed by atoms with van der Waals surface area (Å²) < 4.78 is 38.2. The molecule has 0 bridgehead atoms. The molecule has 1 aromatic carbocycles. The molecule has 0 spiro atoms. The number of hydrogen-bond donors (Lipinski definition) is 1. The topological polar surface area (TPSA) is 20.2 Å². The van der Waals surface area contributed by atoms with Crippen LogP contribution in [0.5, 0.6) is 0 Å². The fourth-order valence-corrected chi connectivity index (χ4v) is 1.02. The maximum atomic E-state index is 12.9. The smallest absolute Gasteiger partial charge is 0.269 e. The maximum absolute atomic E-state index is 12.9. The van der Waals surface area contributed by atoms with Gasteiger partial charge >= 0.3 is 0 Å². The average molecular weight is 216 g/mol. The van der Waals surface area contributed by atoms with E-state index in [4.69, 9.17) is 5.11 Å². The number of rotatable bonds is 4. The summed E-state index contributed by atoms with van der Waals surface area (Å²) in [6, 6.07) is 5.20. The molecule has 0 aromatic heterocycles. The molecule has 1 N–H and O–H groups in total. The lowest BCUT2D eigenvalue weighted by Crippen LogP contribution is -2.13. The summed E-state index contributed by atoms with van der Waals surface area (Å²) in [5.41, 5.74) is 0.494. The minimum Gasteiger partial charge on any atom is -0.396 e. The summed E-state index contributed by atoms with van der Waals surface area (Å²) in [6.07, 6.45) is 1.30. The van der Waals surface area contributed by atoms with E-state index in [1.54, 1.807) is 0 Å². The van der Waals surface area contributed by atoms with Crippen molar-refractivity contribution in [2.24, 2.45) is 0 Å². The van der Waals surface area contributed by atoms with E-state index in [2.05, 4.69) is 0 Å². The van der Waals surface area contributed by atoms with Crippen molar-refractivity contribution in [1.82, 2.24) is 0 Å². The summed E-state index contributed by atoms with van der Waals surface area (Å²) in [4.78, 5) is 0. The molecule has 0 aliphatic heterocycles. The second-order valence-electron chi connectivity index (χ2n) is 3.12. The molecule has 0 heterocycles. The predicted molar refractivity (Wildman–Crippen MR) is 52.1 cm³/mol. The molecule has 0 unspecified atom stereocenters. The molecule has 0 saturated heterocycles. The molecule has 1 aromatic rings. The van der Waals surface area contributed by atoms with Crippen LogP contribution in [0.15, 0.2) is 30.3 Å². The Bertz CT molecular complexity index is 330. The number of alkyl halides is 2. The van der Waals surface area contributed by atoms with Gasteiger partial charge < -0.3 is 5.11 Å². The summed E-state index contributed by atoms with van der Waals surface area (Å²) >= 11 is 0. The lowest BCUT2D eigenvalue weighted by atomic mass is 10.1. The molecule has 4 heteroatoms. The molecule has 0 aliphatic rings. The van der Waals surface area contributed by atoms with Crippen LogP contribution in [0.1, 0.15) is 12.0 Å². The molecule has 0 fully saturated rings. The molecule has 0 saturated carbocycles. The van der Waals surface area contributed by atoms with Gasteiger partial charge in [0.2, 0.25) is 0 Å². The van der Waals surface area contributed by atoms with Crippen LogP contribution in [0.2, 0.25) is 0 Å². The molecule has 0 atom stereocenters. The van der Waals surface area contributed by atoms with Crippen LogP contribution >= 0.6 is 0 Å². The molecular formula is C11H11F3O. The van der Waals surface area contributed by atoms with E-state index in [0.717, 1.165) is 0 Å². The first kappa shape index (κ1) is 11.8. The highest BCUT2D eigenvalue weighted by Gasteiger charge is 2.23. The molecule has 1 nitrogen and oxygen atoms in total. The number of benzene rings is 1. The Balaban J connectivity index is 2.68. The van der Waals surface area contributed by atoms with Crippen LogP contribution in [0.4, 0.5) is 13.2 Å². The first-order chi connectivity index (χ1) is 7.03. The van der Waals surface area contributed by atoms with Crippen molar-refractivity contribution in [3.05, 3.63) is 41.7 Å². The van der Waals surface area contributed by atoms with Crippen molar-refractivity contribution >= 4 is 6.08 Å². The third kappa shape index (κ3) is 4.16. The second-order valence-corrected chi connectivity index (χ2v) is 3.12. The van der Waals surface area contributed by atoms with Gasteiger partial charge in [-0.2, -0.15) is 0 Å². The van der Waals surface area contributed by atoms with Gasteiger partial charge in [-0.25, -0.2) is 13.2 Å². The molecule has 0 amide bonds. The lowest BCUT2D eigenvalue weighted by Gasteiger charge is -2.08. The number of halogens is 3. The molecule has 82 valence electrons. The number of allylic oxidation sites excluding steroid dienone is 1. The fraction of sp³-hybridized carbons (Fsp3) is 0.273. The molecule has 15 heavy (non-hydrogen) atoms. The van der Waals surface area contributed by atoms with Crippen LogP contribution in [-0.2, 0) is 0 Å². The summed E-state index contributed by atoms with van der Waals surface area (Å²) in [7, 11) is 0. The number of aliphatic hydroxyl groups excluding tert-OH is 1. The Labute approximate surface area is 85.9 Å². The normalized spacial score (nSPS) is 12.3. The highest BCUT2D eigenvalue weighted by atomic mass is 19.3. The van der Waals surface area contributed by atoms with Gasteiger partial charge in [0.1, 0.15) is 5.82 Å². The Hall–Kier alpha value is -1.29. The predicted octanol–water partition coefficient (Wildman–Crippen LogP) is 2.86. The van der Waals surface area contributed by atoms with Crippen molar-refractivity contribution in [1.29, 1.82) is 0 Å². The summed E-state index contributed by atoms with van der Waals surface area (Å²) in [5, 5.41) is 8.37. The van der Waals surface area contributed by atoms with E-state index in [1.807, 2.05) is 0 Å². The van der Waals surface area contributed by atoms with Gasteiger partial charge in [-0.05, 0) is 23.8 Å². The van der Waals surface area contributed by atoms with Gasteiger partial charge in [0, 0.05) is 13.0 Å². The largest absolute Gasteiger partial charge is 0.396 e. The van der Waals surface area contributed by atoms with E-state index in [0.29, 0.717) is 11.6 Å². The minimum absolute atomic E-state index is 0.408. The lowest BCUT2D eigenvalue weighted by molar-refractivity contribution is 0.0285. The molecule has 0 aliphatic carbocycles. The standard InChI is InChI=1S/C11H11F3O/c12-10-3-1-9(2-4-10)5-6-11(13,14)7-8-15/h1-6,15H,7-8H2/b6-5+. The van der Waals surface area contributed by atoms with Crippen molar-refractivity contribution in [2.75, 3.05) is 6.61 Å². The third-order valence-corrected chi connectivity index (χ3v) is 1.83. The van der Waals surface area contributed by atoms with Crippen LogP contribution in [0.25, 0.3) is 6.08 Å². The number of hydrogen-bond acceptors (Lipinski definition) is 1. The van der Waals surface area contributed by atoms with Crippen molar-refractivity contribution in [2.45, 2.75) is 12.3 Å².